The van der Waals surface area contributed by atoms with E-state index in [9.17, 15) is 14.0 Å². The first-order chi connectivity index (χ1) is 16.9. The predicted octanol–water partition coefficient (Wildman–Crippen LogP) is 5.64. The number of nitrogens with zero attached hydrogens (tertiary/aromatic N) is 3. The van der Waals surface area contributed by atoms with Gasteiger partial charge in [0, 0.05) is 35.3 Å². The lowest BCUT2D eigenvalue weighted by atomic mass is 10.0. The van der Waals surface area contributed by atoms with Gasteiger partial charge in [0.05, 0.1) is 12.8 Å². The maximum Gasteiger partial charge on any atom is 0.325 e. The van der Waals surface area contributed by atoms with Crippen molar-refractivity contribution in [1.29, 1.82) is 0 Å². The standard InChI is InChI=1S/C22H19ClFN3O4.2C2H6/c1-26-21-15-9-14(23)7-8-18(15)31-12-16(21)20(25-26)22(29)27(11-19(28)30-2)10-13-5-3-4-6-17(13)24;2*1-2/h3-9H,10-12H2,1-2H3;2*1-2H3. The predicted molar refractivity (Wildman–Crippen MR) is 134 cm³/mol. The van der Waals surface area contributed by atoms with Crippen LogP contribution in [0.15, 0.2) is 42.5 Å². The third-order valence-electron chi connectivity index (χ3n) is 5.07. The van der Waals surface area contributed by atoms with E-state index >= 15 is 0 Å². The van der Waals surface area contributed by atoms with E-state index in [0.717, 1.165) is 5.56 Å². The number of fused-ring (bicyclic) bond motifs is 3. The summed E-state index contributed by atoms with van der Waals surface area (Å²) in [6.45, 7) is 7.66. The smallest absolute Gasteiger partial charge is 0.325 e. The average Bonchev–Trinajstić information content (AvgIpc) is 3.23. The van der Waals surface area contributed by atoms with Gasteiger partial charge in [-0.15, -0.1) is 0 Å². The molecular formula is C26H31ClFN3O4. The minimum Gasteiger partial charge on any atom is -0.488 e. The Morgan fingerprint density at radius 3 is 2.51 bits per heavy atom. The van der Waals surface area contributed by atoms with Gasteiger partial charge in [-0.1, -0.05) is 57.5 Å². The molecule has 1 aliphatic rings. The second kappa shape index (κ2) is 12.9. The lowest BCUT2D eigenvalue weighted by Crippen LogP contribution is -2.37. The van der Waals surface area contributed by atoms with Gasteiger partial charge < -0.3 is 14.4 Å². The molecule has 188 valence electrons. The number of benzene rings is 2. The number of esters is 1. The molecule has 2 heterocycles. The van der Waals surface area contributed by atoms with Crippen molar-refractivity contribution < 1.29 is 23.5 Å². The molecule has 35 heavy (non-hydrogen) atoms. The molecule has 9 heteroatoms. The summed E-state index contributed by atoms with van der Waals surface area (Å²) in [5.74, 6) is -0.987. The first kappa shape index (κ1) is 27.9. The van der Waals surface area contributed by atoms with E-state index in [-0.39, 0.29) is 31.0 Å². The fourth-order valence-electron chi connectivity index (χ4n) is 3.58. The van der Waals surface area contributed by atoms with E-state index in [4.69, 9.17) is 21.1 Å². The number of halogens is 2. The second-order valence-electron chi connectivity index (χ2n) is 7.06. The molecule has 0 spiro atoms. The molecule has 0 saturated heterocycles. The Hall–Kier alpha value is -3.39. The summed E-state index contributed by atoms with van der Waals surface area (Å²) in [6, 6.07) is 11.3. The van der Waals surface area contributed by atoms with E-state index in [1.165, 1.54) is 18.1 Å². The van der Waals surface area contributed by atoms with Crippen LogP contribution in [0, 0.1) is 5.82 Å². The van der Waals surface area contributed by atoms with E-state index in [2.05, 4.69) is 5.10 Å². The van der Waals surface area contributed by atoms with Gasteiger partial charge in [0.15, 0.2) is 5.69 Å². The summed E-state index contributed by atoms with van der Waals surface area (Å²) in [4.78, 5) is 26.6. The zero-order valence-electron chi connectivity index (χ0n) is 20.9. The van der Waals surface area contributed by atoms with Gasteiger partial charge in [-0.3, -0.25) is 14.3 Å². The van der Waals surface area contributed by atoms with Gasteiger partial charge in [-0.05, 0) is 24.3 Å². The van der Waals surface area contributed by atoms with Crippen molar-refractivity contribution in [3.05, 3.63) is 70.1 Å². The molecule has 1 aliphatic heterocycles. The molecule has 1 amide bonds. The largest absolute Gasteiger partial charge is 0.488 e. The van der Waals surface area contributed by atoms with Gasteiger partial charge in [0.25, 0.3) is 5.91 Å². The highest BCUT2D eigenvalue weighted by atomic mass is 35.5. The molecule has 0 N–H and O–H groups in total. The number of carbonyl (C=O) groups excluding carboxylic acids is 2. The highest BCUT2D eigenvalue weighted by molar-refractivity contribution is 6.31. The quantitative estimate of drug-likeness (QED) is 0.421. The Labute approximate surface area is 210 Å². The summed E-state index contributed by atoms with van der Waals surface area (Å²) in [5, 5.41) is 4.92. The Morgan fingerprint density at radius 2 is 1.86 bits per heavy atom. The van der Waals surface area contributed by atoms with Gasteiger partial charge in [0.2, 0.25) is 0 Å². The zero-order chi connectivity index (χ0) is 26.1. The molecule has 0 unspecified atom stereocenters. The molecule has 4 rings (SSSR count). The number of hydrogen-bond donors (Lipinski definition) is 0. The molecule has 0 saturated carbocycles. The molecule has 0 radical (unpaired) electrons. The summed E-state index contributed by atoms with van der Waals surface area (Å²) in [5.41, 5.74) is 2.40. The Bertz CT molecular complexity index is 1180. The molecule has 0 atom stereocenters. The van der Waals surface area contributed by atoms with Crippen LogP contribution in [0.2, 0.25) is 5.02 Å². The summed E-state index contributed by atoms with van der Waals surface area (Å²) >= 11 is 6.15. The zero-order valence-corrected chi connectivity index (χ0v) is 21.6. The van der Waals surface area contributed by atoms with Crippen molar-refractivity contribution in [3.63, 3.8) is 0 Å². The number of hydrogen-bond acceptors (Lipinski definition) is 5. The van der Waals surface area contributed by atoms with Crippen molar-refractivity contribution in [3.8, 4) is 17.0 Å². The summed E-state index contributed by atoms with van der Waals surface area (Å²) in [7, 11) is 2.94. The number of ether oxygens (including phenoxy) is 2. The van der Waals surface area contributed by atoms with Gasteiger partial charge in [-0.2, -0.15) is 5.10 Å². The van der Waals surface area contributed by atoms with Crippen LogP contribution in [-0.2, 0) is 29.7 Å². The lowest BCUT2D eigenvalue weighted by molar-refractivity contribution is -0.141. The fourth-order valence-corrected chi connectivity index (χ4v) is 3.75. The molecular weight excluding hydrogens is 473 g/mol. The SMILES string of the molecule is CC.CC.COC(=O)CN(Cc1ccccc1F)C(=O)c1nn(C)c2c1COc1ccc(Cl)cc1-2. The first-order valence-corrected chi connectivity index (χ1v) is 11.8. The van der Waals surface area contributed by atoms with Crippen LogP contribution in [0.4, 0.5) is 4.39 Å². The Balaban J connectivity index is 0.00000103. The first-order valence-electron chi connectivity index (χ1n) is 11.5. The minimum absolute atomic E-state index is 0.116. The summed E-state index contributed by atoms with van der Waals surface area (Å²) < 4.78 is 26.3. The number of aryl methyl sites for hydroxylation is 1. The highest BCUT2D eigenvalue weighted by Gasteiger charge is 2.32. The van der Waals surface area contributed by atoms with E-state index < -0.39 is 17.7 Å². The van der Waals surface area contributed by atoms with Crippen molar-refractivity contribution in [2.45, 2.75) is 40.8 Å². The number of rotatable bonds is 5. The van der Waals surface area contributed by atoms with Crippen LogP contribution in [0.5, 0.6) is 5.75 Å². The Kier molecular flexibility index (Phi) is 10.3. The van der Waals surface area contributed by atoms with Crippen molar-refractivity contribution in [2.24, 2.45) is 7.05 Å². The monoisotopic (exact) mass is 503 g/mol. The molecule has 3 aromatic rings. The van der Waals surface area contributed by atoms with Gasteiger partial charge in [-0.25, -0.2) is 4.39 Å². The topological polar surface area (TPSA) is 73.7 Å². The minimum atomic E-state index is -0.622. The third-order valence-corrected chi connectivity index (χ3v) is 5.31. The van der Waals surface area contributed by atoms with E-state index in [0.29, 0.717) is 22.0 Å². The van der Waals surface area contributed by atoms with Crippen molar-refractivity contribution in [1.82, 2.24) is 14.7 Å². The molecule has 7 nitrogen and oxygen atoms in total. The average molecular weight is 504 g/mol. The van der Waals surface area contributed by atoms with E-state index in [1.54, 1.807) is 48.1 Å². The highest BCUT2D eigenvalue weighted by Crippen LogP contribution is 2.40. The van der Waals surface area contributed by atoms with Crippen LogP contribution in [0.25, 0.3) is 11.3 Å². The summed E-state index contributed by atoms with van der Waals surface area (Å²) in [6.07, 6.45) is 0. The van der Waals surface area contributed by atoms with Crippen LogP contribution in [-0.4, -0.2) is 40.2 Å². The Morgan fingerprint density at radius 1 is 1.17 bits per heavy atom. The third kappa shape index (κ3) is 6.19. The molecule has 0 fully saturated rings. The number of amides is 1. The lowest BCUT2D eigenvalue weighted by Gasteiger charge is -2.23. The van der Waals surface area contributed by atoms with Crippen LogP contribution < -0.4 is 4.74 Å². The number of aromatic nitrogens is 2. The molecule has 0 aliphatic carbocycles. The maximum atomic E-state index is 14.2. The number of methoxy groups -OCH3 is 1. The van der Waals surface area contributed by atoms with Crippen molar-refractivity contribution >= 4 is 23.5 Å². The maximum absolute atomic E-state index is 14.2. The van der Waals surface area contributed by atoms with Crippen LogP contribution in [0.3, 0.4) is 0 Å². The van der Waals surface area contributed by atoms with Gasteiger partial charge in [0.1, 0.15) is 24.7 Å². The number of carbonyl (C=O) groups is 2. The molecule has 0 bridgehead atoms. The van der Waals surface area contributed by atoms with Crippen molar-refractivity contribution in [2.75, 3.05) is 13.7 Å². The fraction of sp³-hybridized carbons (Fsp3) is 0.346. The molecule has 1 aromatic heterocycles. The van der Waals surface area contributed by atoms with Crippen LogP contribution >= 0.6 is 11.6 Å². The second-order valence-corrected chi connectivity index (χ2v) is 7.49. The van der Waals surface area contributed by atoms with E-state index in [1.807, 2.05) is 27.7 Å². The normalized spacial score (nSPS) is 10.9. The molecule has 2 aromatic carbocycles. The van der Waals surface area contributed by atoms with Crippen LogP contribution in [0.1, 0.15) is 49.3 Å². The van der Waals surface area contributed by atoms with Gasteiger partial charge >= 0.3 is 5.97 Å².